The quantitative estimate of drug-likeness (QED) is 0.0733. The van der Waals surface area contributed by atoms with Crippen molar-refractivity contribution in [3.63, 3.8) is 0 Å². The molecule has 1 heterocycles. The molecular weight excluding hydrogens is 572 g/mol. The van der Waals surface area contributed by atoms with E-state index in [9.17, 15) is 9.59 Å². The number of guanidine groups is 1. The molecule has 12 heteroatoms. The van der Waals surface area contributed by atoms with Crippen LogP contribution in [0, 0.1) is 6.92 Å². The zero-order chi connectivity index (χ0) is 29.6. The Hall–Kier alpha value is -4.35. The van der Waals surface area contributed by atoms with Crippen molar-refractivity contribution in [2.24, 2.45) is 16.1 Å². The summed E-state index contributed by atoms with van der Waals surface area (Å²) in [7, 11) is 0. The lowest BCUT2D eigenvalue weighted by Gasteiger charge is -2.25. The Morgan fingerprint density at radius 1 is 1.10 bits per heavy atom. The molecule has 0 aliphatic heterocycles. The number of nitrogens with zero attached hydrogens (tertiary/aromatic N) is 4. The summed E-state index contributed by atoms with van der Waals surface area (Å²) in [5.74, 6) is 5.08. The molecule has 0 radical (unpaired) electrons. The van der Waals surface area contributed by atoms with Gasteiger partial charge in [0.2, 0.25) is 0 Å². The maximum atomic E-state index is 13.7. The predicted octanol–water partition coefficient (Wildman–Crippen LogP) is 5.72. The number of aryl methyl sites for hydroxylation is 1. The van der Waals surface area contributed by atoms with Gasteiger partial charge in [-0.15, -0.1) is 10.6 Å². The van der Waals surface area contributed by atoms with E-state index in [-0.39, 0.29) is 18.5 Å². The summed E-state index contributed by atoms with van der Waals surface area (Å²) in [6.45, 7) is 2.21. The lowest BCUT2D eigenvalue weighted by atomic mass is 9.84. The number of nitrogens with one attached hydrogen (secondary N) is 2. The highest BCUT2D eigenvalue weighted by Crippen LogP contribution is 2.34. The minimum absolute atomic E-state index is 0.184. The van der Waals surface area contributed by atoms with Crippen molar-refractivity contribution >= 4 is 61.9 Å². The highest BCUT2D eigenvalue weighted by molar-refractivity contribution is 7.22. The molecule has 0 saturated heterocycles. The molecule has 1 fully saturated rings. The van der Waals surface area contributed by atoms with Gasteiger partial charge in [-0.1, -0.05) is 66.5 Å². The number of fused-ring (bicyclic) bond motifs is 1. The molecule has 1 aliphatic rings. The van der Waals surface area contributed by atoms with Crippen molar-refractivity contribution in [1.29, 1.82) is 0 Å². The summed E-state index contributed by atoms with van der Waals surface area (Å²) in [6.07, 6.45) is 6.20. The Morgan fingerprint density at radius 2 is 1.81 bits per heavy atom. The number of anilines is 2. The normalized spacial score (nSPS) is 14.0. The monoisotopic (exact) mass is 603 g/mol. The van der Waals surface area contributed by atoms with E-state index < -0.39 is 5.91 Å². The molecule has 1 aliphatic carbocycles. The van der Waals surface area contributed by atoms with Crippen molar-refractivity contribution in [3.8, 4) is 0 Å². The molecule has 42 heavy (non-hydrogen) atoms. The number of hydrogen-bond acceptors (Lipinski definition) is 6. The first-order valence-electron chi connectivity index (χ1n) is 13.7. The zero-order valence-corrected chi connectivity index (χ0v) is 24.7. The molecule has 6 N–H and O–H groups in total. The molecule has 0 spiro atoms. The number of benzene rings is 3. The minimum atomic E-state index is -0.459. The molecule has 10 nitrogen and oxygen atoms in total. The van der Waals surface area contributed by atoms with Crippen molar-refractivity contribution in [1.82, 2.24) is 10.3 Å². The Kier molecular flexibility index (Phi) is 9.09. The molecule has 0 bridgehead atoms. The van der Waals surface area contributed by atoms with Crippen LogP contribution < -0.4 is 26.9 Å². The van der Waals surface area contributed by atoms with Crippen LogP contribution in [-0.4, -0.2) is 22.9 Å². The number of aromatic nitrogens is 1. The van der Waals surface area contributed by atoms with Crippen LogP contribution in [0.1, 0.15) is 65.1 Å². The van der Waals surface area contributed by atoms with E-state index in [1.54, 1.807) is 29.2 Å². The van der Waals surface area contributed by atoms with E-state index in [2.05, 4.69) is 38.0 Å². The Morgan fingerprint density at radius 3 is 2.48 bits per heavy atom. The van der Waals surface area contributed by atoms with Crippen molar-refractivity contribution < 1.29 is 15.1 Å². The summed E-state index contributed by atoms with van der Waals surface area (Å²) in [5.41, 5.74) is 10.1. The van der Waals surface area contributed by atoms with Gasteiger partial charge in [-0.05, 0) is 78.8 Å². The van der Waals surface area contributed by atoms with Crippen LogP contribution >= 0.6 is 22.9 Å². The van der Waals surface area contributed by atoms with Crippen molar-refractivity contribution in [3.05, 3.63) is 87.9 Å². The number of hydrogen-bond donors (Lipinski definition) is 4. The SMILES string of the molecule is Cc1cc(Cl)cc2sc(NC(=O)N(Cc3ccc(C(=O)N/C(N=[NH2+])=N/N)cc3)c3ccc(C4CCCCC4)cc3)nc12. The third kappa shape index (κ3) is 6.75. The molecule has 1 aromatic heterocycles. The fourth-order valence-electron chi connectivity index (χ4n) is 5.23. The standard InChI is InChI=1S/C30H31ClN8O2S/c1-18-15-23(31)16-25-26(18)34-29(42-25)36-30(41)39(24-13-11-21(12-14-24)20-5-3-2-4-6-20)17-19-7-9-22(10-8-19)27(40)35-28(37-32)38-33/h7-16,20,32H,2-6,17,33H2,1H3,(H,34,36,41)(H,35,38,40)/p+1. The topological polar surface area (TPSA) is 151 Å². The summed E-state index contributed by atoms with van der Waals surface area (Å²) in [6, 6.07) is 18.5. The van der Waals surface area contributed by atoms with E-state index in [0.29, 0.717) is 21.6 Å². The second-order valence-corrected chi connectivity index (χ2v) is 11.7. The second kappa shape index (κ2) is 13.1. The van der Waals surface area contributed by atoms with Crippen LogP contribution in [0.4, 0.5) is 15.6 Å². The first-order chi connectivity index (χ1) is 20.3. The van der Waals surface area contributed by atoms with Gasteiger partial charge < -0.3 is 5.84 Å². The van der Waals surface area contributed by atoms with Gasteiger partial charge >= 0.3 is 12.0 Å². The molecule has 4 aromatic rings. The van der Waals surface area contributed by atoms with Gasteiger partial charge in [-0.3, -0.25) is 20.3 Å². The van der Waals surface area contributed by atoms with Crippen LogP contribution in [0.3, 0.4) is 0 Å². The molecule has 0 unspecified atom stereocenters. The lowest BCUT2D eigenvalue weighted by Crippen LogP contribution is -2.37. The summed E-state index contributed by atoms with van der Waals surface area (Å²) in [5, 5.41) is 13.1. The number of carbonyl (C=O) groups is 2. The van der Waals surface area contributed by atoms with E-state index in [4.69, 9.17) is 23.0 Å². The van der Waals surface area contributed by atoms with Gasteiger partial charge in [-0.25, -0.2) is 9.78 Å². The summed E-state index contributed by atoms with van der Waals surface area (Å²) < 4.78 is 0.901. The Balaban J connectivity index is 1.39. The highest BCUT2D eigenvalue weighted by atomic mass is 35.5. The van der Waals surface area contributed by atoms with E-state index in [1.165, 1.54) is 49.0 Å². The highest BCUT2D eigenvalue weighted by Gasteiger charge is 2.21. The van der Waals surface area contributed by atoms with E-state index in [1.807, 2.05) is 31.2 Å². The number of urea groups is 1. The second-order valence-electron chi connectivity index (χ2n) is 10.3. The van der Waals surface area contributed by atoms with Gasteiger partial charge in [0, 0.05) is 21.4 Å². The van der Waals surface area contributed by atoms with E-state index >= 15 is 0 Å². The Bertz CT molecular complexity index is 1630. The number of rotatable bonds is 6. The largest absolute Gasteiger partial charge is 0.328 e. The average molecular weight is 604 g/mol. The fraction of sp³-hybridized carbons (Fsp3) is 0.267. The van der Waals surface area contributed by atoms with Gasteiger partial charge in [0.1, 0.15) is 0 Å². The van der Waals surface area contributed by atoms with Gasteiger partial charge in [0.05, 0.1) is 16.8 Å². The first-order valence-corrected chi connectivity index (χ1v) is 14.9. The third-order valence-electron chi connectivity index (χ3n) is 7.42. The molecular formula is C30H32ClN8O2S+. The fourth-order valence-corrected chi connectivity index (χ4v) is 6.54. The molecule has 3 amide bonds. The van der Waals surface area contributed by atoms with Crippen molar-refractivity contribution in [2.75, 3.05) is 10.2 Å². The predicted molar refractivity (Wildman–Crippen MR) is 167 cm³/mol. The first kappa shape index (κ1) is 29.2. The summed E-state index contributed by atoms with van der Waals surface area (Å²) in [4.78, 5) is 32.5. The zero-order valence-electron chi connectivity index (χ0n) is 23.1. The number of thiazole rings is 1. The van der Waals surface area contributed by atoms with Crippen LogP contribution in [0.2, 0.25) is 5.02 Å². The molecule has 216 valence electrons. The average Bonchev–Trinajstić information content (AvgIpc) is 3.41. The number of carbonyl (C=O) groups excluding carboxylic acids is 2. The van der Waals surface area contributed by atoms with E-state index in [0.717, 1.165) is 27.0 Å². The van der Waals surface area contributed by atoms with Crippen LogP contribution in [0.5, 0.6) is 0 Å². The molecule has 5 rings (SSSR count). The van der Waals surface area contributed by atoms with Crippen molar-refractivity contribution in [2.45, 2.75) is 51.5 Å². The number of halogens is 1. The maximum Gasteiger partial charge on any atom is 0.328 e. The number of hydrazone groups is 1. The molecule has 0 atom stereocenters. The van der Waals surface area contributed by atoms with Crippen LogP contribution in [0.15, 0.2) is 70.9 Å². The number of amides is 3. The Labute approximate surface area is 252 Å². The minimum Gasteiger partial charge on any atom is -0.320 e. The lowest BCUT2D eigenvalue weighted by molar-refractivity contribution is -0.207. The van der Waals surface area contributed by atoms with Gasteiger partial charge in [0.25, 0.3) is 5.91 Å². The maximum absolute atomic E-state index is 13.7. The van der Waals surface area contributed by atoms with Gasteiger partial charge in [0.15, 0.2) is 5.13 Å². The summed E-state index contributed by atoms with van der Waals surface area (Å²) >= 11 is 7.61. The molecule has 3 aromatic carbocycles. The van der Waals surface area contributed by atoms with Crippen LogP contribution in [0.25, 0.3) is 10.2 Å². The van der Waals surface area contributed by atoms with Gasteiger partial charge in [-0.2, -0.15) is 0 Å². The molecule has 1 saturated carbocycles. The third-order valence-corrected chi connectivity index (χ3v) is 8.55. The van der Waals surface area contributed by atoms with Crippen LogP contribution in [-0.2, 0) is 6.54 Å². The number of nitrogens with two attached hydrogens (primary N) is 2. The smallest absolute Gasteiger partial charge is 0.320 e.